The van der Waals surface area contributed by atoms with E-state index in [1.165, 1.54) is 43.6 Å². The quantitative estimate of drug-likeness (QED) is 0.146. The van der Waals surface area contributed by atoms with Crippen molar-refractivity contribution in [2.75, 3.05) is 0 Å². The van der Waals surface area contributed by atoms with Crippen LogP contribution in [0.5, 0.6) is 0 Å². The lowest BCUT2D eigenvalue weighted by Crippen LogP contribution is -1.61. The predicted octanol–water partition coefficient (Wildman–Crippen LogP) is 8.83. The fraction of sp³-hybridized carbons (Fsp3) is 0. The Morgan fingerprint density at radius 2 is 0.486 bits per heavy atom. The van der Waals surface area contributed by atoms with Crippen molar-refractivity contribution in [1.29, 1.82) is 0 Å². The second kappa shape index (κ2) is 12.6. The molecule has 0 aliphatic carbocycles. The van der Waals surface area contributed by atoms with Crippen LogP contribution < -0.4 is 6.15 Å². The highest BCUT2D eigenvalue weighted by Crippen LogP contribution is 2.11. The van der Waals surface area contributed by atoms with Crippen LogP contribution in [-0.2, 0) is 0 Å². The van der Waals surface area contributed by atoms with E-state index in [0.717, 1.165) is 0 Å². The maximum Gasteiger partial charge on any atom is 0.0453 e. The van der Waals surface area contributed by atoms with Gasteiger partial charge in [0.05, 0.1) is 0 Å². The van der Waals surface area contributed by atoms with Crippen LogP contribution in [-0.4, -0.2) is 19.9 Å². The molecule has 5 heteroatoms. The van der Waals surface area contributed by atoms with Crippen molar-refractivity contribution in [3.8, 4) is 0 Å². The second-order valence-electron chi connectivity index (χ2n) is 8.26. The summed E-state index contributed by atoms with van der Waals surface area (Å²) in [6.45, 7) is 0. The normalized spacial score (nSPS) is 9.95. The van der Waals surface area contributed by atoms with Gasteiger partial charge < -0.3 is 26.1 Å². The minimum atomic E-state index is 0. The van der Waals surface area contributed by atoms with Crippen molar-refractivity contribution in [3.63, 3.8) is 0 Å². The molecule has 37 heavy (non-hydrogen) atoms. The van der Waals surface area contributed by atoms with Gasteiger partial charge in [0.15, 0.2) is 0 Å². The van der Waals surface area contributed by atoms with E-state index < -0.39 is 0 Å². The minimum absolute atomic E-state index is 0. The van der Waals surface area contributed by atoms with Crippen molar-refractivity contribution < 1.29 is 0 Å². The minimum Gasteiger partial charge on any atom is -0.361 e. The maximum absolute atomic E-state index is 3.12. The molecular weight excluding hydrogens is 454 g/mol. The van der Waals surface area contributed by atoms with Crippen LogP contribution in [0.3, 0.4) is 0 Å². The third-order valence-corrected chi connectivity index (χ3v) is 5.85. The molecular formula is C32H31N5. The van der Waals surface area contributed by atoms with Gasteiger partial charge in [-0.15, -0.1) is 0 Å². The van der Waals surface area contributed by atoms with E-state index in [0.29, 0.717) is 0 Å². The summed E-state index contributed by atoms with van der Waals surface area (Å²) in [7, 11) is 0. The summed E-state index contributed by atoms with van der Waals surface area (Å²) < 4.78 is 0. The number of fused-ring (bicyclic) bond motifs is 4. The van der Waals surface area contributed by atoms with Crippen LogP contribution in [0, 0.1) is 0 Å². The zero-order valence-electron chi connectivity index (χ0n) is 20.6. The predicted molar refractivity (Wildman–Crippen MR) is 158 cm³/mol. The lowest BCUT2D eigenvalue weighted by Gasteiger charge is -1.83. The molecule has 0 saturated carbocycles. The smallest absolute Gasteiger partial charge is 0.0453 e. The summed E-state index contributed by atoms with van der Waals surface area (Å²) >= 11 is 0. The Hall–Kier alpha value is -5.00. The number of benzene rings is 4. The summed E-state index contributed by atoms with van der Waals surface area (Å²) in [6, 6.07) is 41.1. The molecule has 0 amide bonds. The molecule has 8 rings (SSSR count). The number of para-hydroxylation sites is 4. The lowest BCUT2D eigenvalue weighted by atomic mass is 10.3. The third kappa shape index (κ3) is 6.57. The molecule has 4 aromatic heterocycles. The van der Waals surface area contributed by atoms with Crippen molar-refractivity contribution >= 4 is 43.6 Å². The lowest BCUT2D eigenvalue weighted by molar-refractivity contribution is 1.48. The van der Waals surface area contributed by atoms with E-state index in [4.69, 9.17) is 0 Å². The Labute approximate surface area is 215 Å². The third-order valence-electron chi connectivity index (χ3n) is 5.85. The first-order chi connectivity index (χ1) is 17.9. The molecule has 7 N–H and O–H groups in total. The zero-order chi connectivity index (χ0) is 24.4. The molecule has 0 fully saturated rings. The maximum atomic E-state index is 3.12. The summed E-state index contributed by atoms with van der Waals surface area (Å²) in [6.07, 6.45) is 7.80. The summed E-state index contributed by atoms with van der Waals surface area (Å²) in [4.78, 5) is 12.5. The van der Waals surface area contributed by atoms with Crippen molar-refractivity contribution in [2.24, 2.45) is 0 Å². The summed E-state index contributed by atoms with van der Waals surface area (Å²) in [5.41, 5.74) is 4.82. The van der Waals surface area contributed by atoms with Gasteiger partial charge in [-0.3, -0.25) is 0 Å². The van der Waals surface area contributed by atoms with Crippen LogP contribution >= 0.6 is 0 Å². The number of aromatic amines is 4. The van der Waals surface area contributed by atoms with E-state index in [1.807, 2.05) is 73.3 Å². The molecule has 0 unspecified atom stereocenters. The van der Waals surface area contributed by atoms with Crippen molar-refractivity contribution in [3.05, 3.63) is 146 Å². The van der Waals surface area contributed by atoms with E-state index in [2.05, 4.69) is 92.7 Å². The Morgan fingerprint density at radius 1 is 0.270 bits per heavy atom. The SMILES string of the molecule is N.c1ccc2[nH]ccc2c1.c1ccc2[nH]ccc2c1.c1ccc2[nH]ccc2c1.c1ccc2[nH]ccc2c1. The molecule has 0 bridgehead atoms. The zero-order valence-corrected chi connectivity index (χ0v) is 20.6. The molecule has 0 saturated heterocycles. The highest BCUT2D eigenvalue weighted by Gasteiger charge is 1.89. The van der Waals surface area contributed by atoms with Gasteiger partial charge in [-0.05, 0) is 70.1 Å². The van der Waals surface area contributed by atoms with Gasteiger partial charge in [0.2, 0.25) is 0 Å². The number of hydrogen-bond donors (Lipinski definition) is 5. The van der Waals surface area contributed by atoms with E-state index >= 15 is 0 Å². The van der Waals surface area contributed by atoms with Crippen LogP contribution in [0.15, 0.2) is 146 Å². The Morgan fingerprint density at radius 3 is 0.703 bits per heavy atom. The fourth-order valence-corrected chi connectivity index (χ4v) is 3.98. The molecule has 184 valence electrons. The second-order valence-corrected chi connectivity index (χ2v) is 8.26. The molecule has 4 heterocycles. The molecule has 0 spiro atoms. The van der Waals surface area contributed by atoms with Crippen LogP contribution in [0.1, 0.15) is 0 Å². The highest BCUT2D eigenvalue weighted by molar-refractivity contribution is 5.80. The first-order valence-electron chi connectivity index (χ1n) is 12.0. The van der Waals surface area contributed by atoms with E-state index in [9.17, 15) is 0 Å². The van der Waals surface area contributed by atoms with Crippen molar-refractivity contribution in [1.82, 2.24) is 26.1 Å². The van der Waals surface area contributed by atoms with E-state index in [1.54, 1.807) is 0 Å². The van der Waals surface area contributed by atoms with Gasteiger partial charge in [0.25, 0.3) is 0 Å². The van der Waals surface area contributed by atoms with Crippen LogP contribution in [0.4, 0.5) is 0 Å². The number of H-pyrrole nitrogens is 4. The number of rotatable bonds is 0. The van der Waals surface area contributed by atoms with E-state index in [-0.39, 0.29) is 6.15 Å². The van der Waals surface area contributed by atoms with Crippen LogP contribution in [0.2, 0.25) is 0 Å². The average molecular weight is 486 g/mol. The summed E-state index contributed by atoms with van der Waals surface area (Å²) in [5.74, 6) is 0. The van der Waals surface area contributed by atoms with Gasteiger partial charge in [-0.2, -0.15) is 0 Å². The van der Waals surface area contributed by atoms with Gasteiger partial charge in [0.1, 0.15) is 0 Å². The molecule has 0 radical (unpaired) electrons. The molecule has 0 atom stereocenters. The van der Waals surface area contributed by atoms with Gasteiger partial charge in [-0.25, -0.2) is 0 Å². The molecule has 0 aliphatic rings. The summed E-state index contributed by atoms with van der Waals surface area (Å²) in [5, 5.41) is 5.10. The van der Waals surface area contributed by atoms with Gasteiger partial charge in [0, 0.05) is 46.9 Å². The topological polar surface area (TPSA) is 98.2 Å². The molecule has 8 aromatic rings. The Bertz CT molecular complexity index is 1380. The molecule has 0 aliphatic heterocycles. The molecule has 4 aromatic carbocycles. The number of hydrogen-bond acceptors (Lipinski definition) is 1. The number of nitrogens with one attached hydrogen (secondary N) is 4. The largest absolute Gasteiger partial charge is 0.361 e. The Balaban J connectivity index is 0.000000114. The average Bonchev–Trinajstić information content (AvgIpc) is 3.76. The number of aromatic nitrogens is 4. The first kappa shape index (κ1) is 25.1. The fourth-order valence-electron chi connectivity index (χ4n) is 3.98. The Kier molecular flexibility index (Phi) is 8.57. The van der Waals surface area contributed by atoms with Crippen LogP contribution in [0.25, 0.3) is 43.6 Å². The van der Waals surface area contributed by atoms with Gasteiger partial charge in [-0.1, -0.05) is 72.8 Å². The molecule has 5 nitrogen and oxygen atoms in total. The van der Waals surface area contributed by atoms with Gasteiger partial charge >= 0.3 is 0 Å². The first-order valence-corrected chi connectivity index (χ1v) is 12.0. The monoisotopic (exact) mass is 485 g/mol. The van der Waals surface area contributed by atoms with Crippen molar-refractivity contribution in [2.45, 2.75) is 0 Å². The standard InChI is InChI=1S/4C8H7N.H3N/c4*1-2-4-8-7(3-1)5-6-9-8;/h4*1-6,9H;1H3. The highest BCUT2D eigenvalue weighted by atomic mass is 14.7.